The second kappa shape index (κ2) is 6.61. The number of amides is 1. The molecule has 0 radical (unpaired) electrons. The summed E-state index contributed by atoms with van der Waals surface area (Å²) in [6.07, 6.45) is 0. The fraction of sp³-hybridized carbons (Fsp3) is 0.100. The number of hydrogen-bond donors (Lipinski definition) is 2. The third kappa shape index (κ3) is 3.51. The first kappa shape index (κ1) is 15.7. The predicted molar refractivity (Wildman–Crippen MR) is 104 cm³/mol. The van der Waals surface area contributed by atoms with Gasteiger partial charge < -0.3 is 10.3 Å². The van der Waals surface area contributed by atoms with Crippen molar-refractivity contribution in [1.29, 1.82) is 0 Å². The van der Waals surface area contributed by atoms with Crippen molar-refractivity contribution in [2.45, 2.75) is 12.1 Å². The Bertz CT molecular complexity index is 1070. The summed E-state index contributed by atoms with van der Waals surface area (Å²) in [5.41, 5.74) is 3.91. The topological polar surface area (TPSA) is 57.8 Å². The summed E-state index contributed by atoms with van der Waals surface area (Å²) < 4.78 is 0. The Hall–Kier alpha value is -2.79. The molecule has 0 saturated heterocycles. The molecule has 4 nitrogen and oxygen atoms in total. The standard InChI is InChI=1S/C20H17N3OS/c1-13-6-9-17-18(10-13)23-20(22-17)25-12-19(24)21-16-8-7-14-4-2-3-5-15(14)11-16/h2-11H,12H2,1H3,(H,21,24)(H,22,23). The van der Waals surface area contributed by atoms with E-state index < -0.39 is 0 Å². The number of fused-ring (bicyclic) bond motifs is 2. The van der Waals surface area contributed by atoms with Crippen LogP contribution in [0.3, 0.4) is 0 Å². The predicted octanol–water partition coefficient (Wildman–Crippen LogP) is 4.76. The molecular formula is C20H17N3OS. The van der Waals surface area contributed by atoms with Crippen LogP contribution in [-0.4, -0.2) is 21.6 Å². The van der Waals surface area contributed by atoms with Crippen molar-refractivity contribution in [2.75, 3.05) is 11.1 Å². The number of carbonyl (C=O) groups is 1. The molecule has 0 saturated carbocycles. The van der Waals surface area contributed by atoms with Crippen LogP contribution >= 0.6 is 11.8 Å². The van der Waals surface area contributed by atoms with E-state index in [-0.39, 0.29) is 5.91 Å². The molecule has 4 rings (SSSR count). The van der Waals surface area contributed by atoms with Crippen LogP contribution in [0, 0.1) is 6.92 Å². The van der Waals surface area contributed by atoms with E-state index in [0.717, 1.165) is 32.6 Å². The fourth-order valence-electron chi connectivity index (χ4n) is 2.77. The second-order valence-electron chi connectivity index (χ2n) is 5.96. The Labute approximate surface area is 149 Å². The third-order valence-corrected chi connectivity index (χ3v) is 4.86. The molecule has 1 aromatic heterocycles. The van der Waals surface area contributed by atoms with Crippen molar-refractivity contribution in [1.82, 2.24) is 9.97 Å². The van der Waals surface area contributed by atoms with E-state index in [1.807, 2.05) is 55.5 Å². The Balaban J connectivity index is 1.42. The van der Waals surface area contributed by atoms with Crippen molar-refractivity contribution >= 4 is 45.2 Å². The summed E-state index contributed by atoms with van der Waals surface area (Å²) in [5.74, 6) is 0.267. The number of anilines is 1. The molecule has 0 bridgehead atoms. The minimum atomic E-state index is -0.0445. The number of aromatic amines is 1. The number of nitrogens with zero attached hydrogens (tertiary/aromatic N) is 1. The fourth-order valence-corrected chi connectivity index (χ4v) is 3.45. The molecule has 0 aliphatic heterocycles. The molecule has 3 aromatic carbocycles. The summed E-state index contributed by atoms with van der Waals surface area (Å²) in [5, 5.41) is 5.98. The van der Waals surface area contributed by atoms with Gasteiger partial charge in [0, 0.05) is 5.69 Å². The van der Waals surface area contributed by atoms with Crippen LogP contribution in [0.1, 0.15) is 5.56 Å². The minimum Gasteiger partial charge on any atom is -0.333 e. The van der Waals surface area contributed by atoms with Crippen molar-refractivity contribution in [3.8, 4) is 0 Å². The van der Waals surface area contributed by atoms with Gasteiger partial charge in [0.25, 0.3) is 0 Å². The average molecular weight is 347 g/mol. The maximum Gasteiger partial charge on any atom is 0.234 e. The molecule has 0 fully saturated rings. The summed E-state index contributed by atoms with van der Waals surface area (Å²) in [6.45, 7) is 2.05. The van der Waals surface area contributed by atoms with Crippen LogP contribution in [0.15, 0.2) is 65.8 Å². The molecule has 5 heteroatoms. The van der Waals surface area contributed by atoms with E-state index in [0.29, 0.717) is 5.75 Å². The largest absolute Gasteiger partial charge is 0.333 e. The lowest BCUT2D eigenvalue weighted by Crippen LogP contribution is -2.14. The van der Waals surface area contributed by atoms with E-state index in [4.69, 9.17) is 0 Å². The number of carbonyl (C=O) groups excluding carboxylic acids is 1. The quantitative estimate of drug-likeness (QED) is 0.524. The van der Waals surface area contributed by atoms with Crippen LogP contribution < -0.4 is 5.32 Å². The first-order chi connectivity index (χ1) is 12.2. The van der Waals surface area contributed by atoms with Crippen molar-refractivity contribution < 1.29 is 4.79 Å². The zero-order chi connectivity index (χ0) is 17.2. The smallest absolute Gasteiger partial charge is 0.234 e. The Kier molecular flexibility index (Phi) is 4.15. The number of aryl methyl sites for hydroxylation is 1. The Morgan fingerprint density at radius 2 is 1.92 bits per heavy atom. The van der Waals surface area contributed by atoms with E-state index in [9.17, 15) is 4.79 Å². The van der Waals surface area contributed by atoms with Crippen LogP contribution in [0.2, 0.25) is 0 Å². The first-order valence-electron chi connectivity index (χ1n) is 8.05. The Morgan fingerprint density at radius 3 is 2.80 bits per heavy atom. The maximum absolute atomic E-state index is 12.2. The van der Waals surface area contributed by atoms with Crippen molar-refractivity contribution in [2.24, 2.45) is 0 Å². The van der Waals surface area contributed by atoms with Gasteiger partial charge in [0.05, 0.1) is 16.8 Å². The molecule has 0 atom stereocenters. The highest BCUT2D eigenvalue weighted by molar-refractivity contribution is 7.99. The van der Waals surface area contributed by atoms with Crippen LogP contribution in [0.25, 0.3) is 21.8 Å². The Morgan fingerprint density at radius 1 is 1.08 bits per heavy atom. The van der Waals surface area contributed by atoms with Gasteiger partial charge >= 0.3 is 0 Å². The highest BCUT2D eigenvalue weighted by atomic mass is 32.2. The molecule has 0 spiro atoms. The third-order valence-electron chi connectivity index (χ3n) is 3.99. The highest BCUT2D eigenvalue weighted by Gasteiger charge is 2.08. The highest BCUT2D eigenvalue weighted by Crippen LogP contribution is 2.22. The summed E-state index contributed by atoms with van der Waals surface area (Å²) in [6, 6.07) is 20.1. The van der Waals surface area contributed by atoms with Crippen molar-refractivity contribution in [3.05, 3.63) is 66.2 Å². The first-order valence-corrected chi connectivity index (χ1v) is 9.04. The second-order valence-corrected chi connectivity index (χ2v) is 6.93. The number of aromatic nitrogens is 2. The van der Waals surface area contributed by atoms with E-state index >= 15 is 0 Å². The van der Waals surface area contributed by atoms with Gasteiger partial charge in [-0.3, -0.25) is 4.79 Å². The number of benzene rings is 3. The molecule has 1 heterocycles. The van der Waals surface area contributed by atoms with Gasteiger partial charge in [0.15, 0.2) is 5.16 Å². The summed E-state index contributed by atoms with van der Waals surface area (Å²) >= 11 is 1.40. The van der Waals surface area contributed by atoms with E-state index in [1.54, 1.807) is 0 Å². The number of hydrogen-bond acceptors (Lipinski definition) is 3. The zero-order valence-electron chi connectivity index (χ0n) is 13.7. The van der Waals surface area contributed by atoms with Gasteiger partial charge in [0.1, 0.15) is 0 Å². The SMILES string of the molecule is Cc1ccc2nc(SCC(=O)Nc3ccc4ccccc4c3)[nH]c2c1. The number of nitrogens with one attached hydrogen (secondary N) is 2. The maximum atomic E-state index is 12.2. The molecule has 1 amide bonds. The van der Waals surface area contributed by atoms with Crippen LogP contribution in [0.5, 0.6) is 0 Å². The van der Waals surface area contributed by atoms with Gasteiger partial charge in [-0.2, -0.15) is 0 Å². The molecule has 4 aromatic rings. The number of thioether (sulfide) groups is 1. The molecule has 2 N–H and O–H groups in total. The number of H-pyrrole nitrogens is 1. The lowest BCUT2D eigenvalue weighted by molar-refractivity contribution is -0.113. The van der Waals surface area contributed by atoms with Crippen LogP contribution in [0.4, 0.5) is 5.69 Å². The van der Waals surface area contributed by atoms with Gasteiger partial charge in [-0.25, -0.2) is 4.98 Å². The van der Waals surface area contributed by atoms with Gasteiger partial charge in [-0.05, 0) is 47.5 Å². The molecule has 124 valence electrons. The lowest BCUT2D eigenvalue weighted by atomic mass is 10.1. The summed E-state index contributed by atoms with van der Waals surface area (Å²) in [4.78, 5) is 20.0. The minimum absolute atomic E-state index is 0.0445. The summed E-state index contributed by atoms with van der Waals surface area (Å²) in [7, 11) is 0. The van der Waals surface area contributed by atoms with E-state index in [2.05, 4.69) is 27.4 Å². The number of imidazole rings is 1. The molecule has 0 aliphatic carbocycles. The lowest BCUT2D eigenvalue weighted by Gasteiger charge is -2.06. The van der Waals surface area contributed by atoms with Crippen molar-refractivity contribution in [3.63, 3.8) is 0 Å². The van der Waals surface area contributed by atoms with E-state index in [1.165, 1.54) is 17.3 Å². The zero-order valence-corrected chi connectivity index (χ0v) is 14.6. The van der Waals surface area contributed by atoms with Gasteiger partial charge in [-0.15, -0.1) is 0 Å². The molecule has 25 heavy (non-hydrogen) atoms. The average Bonchev–Trinajstić information content (AvgIpc) is 3.02. The number of rotatable bonds is 4. The molecular weight excluding hydrogens is 330 g/mol. The van der Waals surface area contributed by atoms with Gasteiger partial charge in [-0.1, -0.05) is 48.2 Å². The normalized spacial score (nSPS) is 11.1. The molecule has 0 unspecified atom stereocenters. The van der Waals surface area contributed by atoms with Crippen LogP contribution in [-0.2, 0) is 4.79 Å². The van der Waals surface area contributed by atoms with Gasteiger partial charge in [0.2, 0.25) is 5.91 Å². The monoisotopic (exact) mass is 347 g/mol. The molecule has 0 aliphatic rings.